The molecule has 1 fully saturated rings. The fourth-order valence-electron chi connectivity index (χ4n) is 3.23. The number of likely N-dealkylation sites (tertiary alicyclic amines) is 1. The average molecular weight is 375 g/mol. The number of piperidine rings is 1. The van der Waals surface area contributed by atoms with Crippen molar-refractivity contribution in [1.82, 2.24) is 4.90 Å². The van der Waals surface area contributed by atoms with Crippen molar-refractivity contribution in [1.29, 1.82) is 0 Å². The van der Waals surface area contributed by atoms with E-state index in [0.29, 0.717) is 0 Å². The topological polar surface area (TPSA) is 32.3 Å². The lowest BCUT2D eigenvalue weighted by Gasteiger charge is -2.32. The van der Waals surface area contributed by atoms with Crippen LogP contribution in [-0.4, -0.2) is 30.2 Å². The number of carbonyl (C=O) groups excluding carboxylic acids is 1. The van der Waals surface area contributed by atoms with Crippen LogP contribution < -0.4 is 5.32 Å². The van der Waals surface area contributed by atoms with Crippen LogP contribution >= 0.6 is 23.4 Å². The van der Waals surface area contributed by atoms with Gasteiger partial charge in [-0.15, -0.1) is 11.8 Å². The molecule has 0 aliphatic carbocycles. The highest BCUT2D eigenvalue weighted by Crippen LogP contribution is 2.24. The molecule has 2 aromatic carbocycles. The molecular formula is C20H23ClN2OS. The van der Waals surface area contributed by atoms with Gasteiger partial charge in [-0.2, -0.15) is 0 Å². The molecular weight excluding hydrogens is 352 g/mol. The van der Waals surface area contributed by atoms with Gasteiger partial charge in [0, 0.05) is 28.7 Å². The number of carbonyl (C=O) groups is 1. The Morgan fingerprint density at radius 2 is 2.12 bits per heavy atom. The SMILES string of the molecule is CSc1cccc(NC(=O)C2CCCN(Cc3ccccc3Cl)C2)c1. The van der Waals surface area contributed by atoms with E-state index < -0.39 is 0 Å². The minimum Gasteiger partial charge on any atom is -0.326 e. The monoisotopic (exact) mass is 374 g/mol. The van der Waals surface area contributed by atoms with Gasteiger partial charge in [0.15, 0.2) is 0 Å². The zero-order valence-corrected chi connectivity index (χ0v) is 15.9. The smallest absolute Gasteiger partial charge is 0.228 e. The van der Waals surface area contributed by atoms with E-state index in [1.54, 1.807) is 11.8 Å². The Bertz CT molecular complexity index is 737. The maximum Gasteiger partial charge on any atom is 0.228 e. The van der Waals surface area contributed by atoms with Gasteiger partial charge in [0.2, 0.25) is 5.91 Å². The number of anilines is 1. The standard InChI is InChI=1S/C20H23ClN2OS/c1-25-18-9-4-8-17(12-18)22-20(24)16-7-5-11-23(14-16)13-15-6-2-3-10-19(15)21/h2-4,6,8-10,12,16H,5,7,11,13-14H2,1H3,(H,22,24). The highest BCUT2D eigenvalue weighted by molar-refractivity contribution is 7.98. The minimum atomic E-state index is 0.0224. The summed E-state index contributed by atoms with van der Waals surface area (Å²) in [5, 5.41) is 3.87. The minimum absolute atomic E-state index is 0.0224. The zero-order chi connectivity index (χ0) is 17.6. The second-order valence-electron chi connectivity index (χ2n) is 6.39. The Hall–Kier alpha value is -1.49. The summed E-state index contributed by atoms with van der Waals surface area (Å²) in [6.45, 7) is 2.58. The van der Waals surface area contributed by atoms with E-state index in [1.807, 2.05) is 48.7 Å². The van der Waals surface area contributed by atoms with Crippen LogP contribution in [0.15, 0.2) is 53.4 Å². The van der Waals surface area contributed by atoms with Crippen molar-refractivity contribution in [2.75, 3.05) is 24.7 Å². The molecule has 0 bridgehead atoms. The number of thioether (sulfide) groups is 1. The Labute approximate surface area is 158 Å². The number of nitrogens with one attached hydrogen (secondary N) is 1. The average Bonchev–Trinajstić information content (AvgIpc) is 2.64. The van der Waals surface area contributed by atoms with E-state index in [-0.39, 0.29) is 11.8 Å². The molecule has 1 aliphatic heterocycles. The second kappa shape index (κ2) is 8.75. The highest BCUT2D eigenvalue weighted by Gasteiger charge is 2.26. The maximum absolute atomic E-state index is 12.7. The Morgan fingerprint density at radius 1 is 1.28 bits per heavy atom. The summed E-state index contributed by atoms with van der Waals surface area (Å²) in [5.41, 5.74) is 2.00. The van der Waals surface area contributed by atoms with E-state index in [1.165, 1.54) is 0 Å². The Kier molecular flexibility index (Phi) is 6.40. The molecule has 5 heteroatoms. The number of benzene rings is 2. The normalized spacial score (nSPS) is 18.1. The number of amides is 1. The van der Waals surface area contributed by atoms with Crippen LogP contribution in [-0.2, 0) is 11.3 Å². The lowest BCUT2D eigenvalue weighted by molar-refractivity contribution is -0.121. The van der Waals surface area contributed by atoms with Gasteiger partial charge in [-0.05, 0) is 55.5 Å². The van der Waals surface area contributed by atoms with E-state index in [0.717, 1.165) is 53.6 Å². The van der Waals surface area contributed by atoms with E-state index in [4.69, 9.17) is 11.6 Å². The van der Waals surface area contributed by atoms with E-state index in [2.05, 4.69) is 16.3 Å². The first-order valence-electron chi connectivity index (χ1n) is 8.56. The Balaban J connectivity index is 1.60. The van der Waals surface area contributed by atoms with Gasteiger partial charge < -0.3 is 5.32 Å². The van der Waals surface area contributed by atoms with Crippen molar-refractivity contribution in [3.63, 3.8) is 0 Å². The van der Waals surface area contributed by atoms with Crippen molar-refractivity contribution in [2.45, 2.75) is 24.3 Å². The van der Waals surface area contributed by atoms with Crippen LogP contribution in [0, 0.1) is 5.92 Å². The first-order chi connectivity index (χ1) is 12.2. The van der Waals surface area contributed by atoms with Crippen molar-refractivity contribution < 1.29 is 4.79 Å². The van der Waals surface area contributed by atoms with Crippen LogP contribution in [0.2, 0.25) is 5.02 Å². The number of hydrogen-bond donors (Lipinski definition) is 1. The molecule has 3 rings (SSSR count). The lowest BCUT2D eigenvalue weighted by atomic mass is 9.96. The fraction of sp³-hybridized carbons (Fsp3) is 0.350. The molecule has 1 aliphatic rings. The molecule has 1 saturated heterocycles. The van der Waals surface area contributed by atoms with Gasteiger partial charge in [0.05, 0.1) is 5.92 Å². The second-order valence-corrected chi connectivity index (χ2v) is 7.67. The largest absolute Gasteiger partial charge is 0.326 e. The van der Waals surface area contributed by atoms with Crippen LogP contribution in [0.25, 0.3) is 0 Å². The fourth-order valence-corrected chi connectivity index (χ4v) is 3.88. The third-order valence-electron chi connectivity index (χ3n) is 4.57. The number of halogens is 1. The van der Waals surface area contributed by atoms with Crippen molar-refractivity contribution in [3.8, 4) is 0 Å². The van der Waals surface area contributed by atoms with Crippen molar-refractivity contribution >= 4 is 35.0 Å². The molecule has 0 aromatic heterocycles. The molecule has 25 heavy (non-hydrogen) atoms. The molecule has 1 unspecified atom stereocenters. The molecule has 132 valence electrons. The molecule has 0 radical (unpaired) electrons. The molecule has 1 atom stereocenters. The maximum atomic E-state index is 12.7. The van der Waals surface area contributed by atoms with E-state index in [9.17, 15) is 4.79 Å². The number of nitrogens with zero attached hydrogens (tertiary/aromatic N) is 1. The summed E-state index contributed by atoms with van der Waals surface area (Å²) >= 11 is 7.95. The van der Waals surface area contributed by atoms with Gasteiger partial charge in [-0.1, -0.05) is 35.9 Å². The summed E-state index contributed by atoms with van der Waals surface area (Å²) in [7, 11) is 0. The summed E-state index contributed by atoms with van der Waals surface area (Å²) < 4.78 is 0. The molecule has 0 saturated carbocycles. The van der Waals surface area contributed by atoms with Crippen LogP contribution in [0.4, 0.5) is 5.69 Å². The van der Waals surface area contributed by atoms with Gasteiger partial charge in [-0.3, -0.25) is 9.69 Å². The van der Waals surface area contributed by atoms with Crippen molar-refractivity contribution in [2.24, 2.45) is 5.92 Å². The zero-order valence-electron chi connectivity index (χ0n) is 14.4. The number of hydrogen-bond acceptors (Lipinski definition) is 3. The van der Waals surface area contributed by atoms with Crippen LogP contribution in [0.5, 0.6) is 0 Å². The predicted octanol–water partition coefficient (Wildman–Crippen LogP) is 4.91. The number of rotatable bonds is 5. The first-order valence-corrected chi connectivity index (χ1v) is 10.2. The summed E-state index contributed by atoms with van der Waals surface area (Å²) in [6, 6.07) is 15.9. The third kappa shape index (κ3) is 5.00. The van der Waals surface area contributed by atoms with Crippen LogP contribution in [0.3, 0.4) is 0 Å². The molecule has 2 aromatic rings. The first kappa shape index (κ1) is 18.3. The summed E-state index contributed by atoms with van der Waals surface area (Å²) in [5.74, 6) is 0.135. The quantitative estimate of drug-likeness (QED) is 0.754. The van der Waals surface area contributed by atoms with Gasteiger partial charge in [0.1, 0.15) is 0 Å². The third-order valence-corrected chi connectivity index (χ3v) is 5.66. The van der Waals surface area contributed by atoms with Gasteiger partial charge in [-0.25, -0.2) is 0 Å². The van der Waals surface area contributed by atoms with Crippen molar-refractivity contribution in [3.05, 3.63) is 59.1 Å². The van der Waals surface area contributed by atoms with Crippen LogP contribution in [0.1, 0.15) is 18.4 Å². The van der Waals surface area contributed by atoms with Gasteiger partial charge >= 0.3 is 0 Å². The summed E-state index contributed by atoms with van der Waals surface area (Å²) in [4.78, 5) is 16.1. The molecule has 3 nitrogen and oxygen atoms in total. The van der Waals surface area contributed by atoms with E-state index >= 15 is 0 Å². The molecule has 1 amide bonds. The highest BCUT2D eigenvalue weighted by atomic mass is 35.5. The molecule has 1 heterocycles. The van der Waals surface area contributed by atoms with Gasteiger partial charge in [0.25, 0.3) is 0 Å². The lowest BCUT2D eigenvalue weighted by Crippen LogP contribution is -2.40. The molecule has 0 spiro atoms. The summed E-state index contributed by atoms with van der Waals surface area (Å²) in [6.07, 6.45) is 4.01. The predicted molar refractivity (Wildman–Crippen MR) is 106 cm³/mol. The Morgan fingerprint density at radius 3 is 2.92 bits per heavy atom. The molecule has 1 N–H and O–H groups in total.